The van der Waals surface area contributed by atoms with Crippen LogP contribution in [0.2, 0.25) is 0 Å². The van der Waals surface area contributed by atoms with Crippen molar-refractivity contribution in [3.8, 4) is 10.6 Å². The molecule has 5 rings (SSSR count). The molecular formula is C23H21N4OS+. The van der Waals surface area contributed by atoms with Gasteiger partial charge in [-0.3, -0.25) is 9.69 Å². The molecule has 0 atom stereocenters. The minimum Gasteiger partial charge on any atom is -0.322 e. The number of fused-ring (bicyclic) bond motifs is 1. The van der Waals surface area contributed by atoms with Gasteiger partial charge in [0.15, 0.2) is 0 Å². The largest absolute Gasteiger partial charge is 0.322 e. The molecule has 1 saturated heterocycles. The Labute approximate surface area is 173 Å². The first-order valence-electron chi connectivity index (χ1n) is 9.81. The monoisotopic (exact) mass is 401 g/mol. The molecule has 1 aliphatic rings. The van der Waals surface area contributed by atoms with Crippen molar-refractivity contribution < 1.29 is 9.78 Å². The van der Waals surface area contributed by atoms with Gasteiger partial charge in [0, 0.05) is 11.3 Å². The molecule has 1 fully saturated rings. The third-order valence-corrected chi connectivity index (χ3v) is 6.25. The number of para-hydroxylation sites is 1. The Morgan fingerprint density at radius 1 is 1.03 bits per heavy atom. The number of anilines is 2. The van der Waals surface area contributed by atoms with Crippen molar-refractivity contribution >= 4 is 39.0 Å². The third kappa shape index (κ3) is 3.59. The second kappa shape index (κ2) is 7.64. The van der Waals surface area contributed by atoms with Gasteiger partial charge in [0.05, 0.1) is 29.5 Å². The first kappa shape index (κ1) is 17.8. The molecule has 1 amide bonds. The molecule has 6 heteroatoms. The molecule has 5 nitrogen and oxygen atoms in total. The van der Waals surface area contributed by atoms with Crippen LogP contribution in [0.1, 0.15) is 23.2 Å². The zero-order valence-electron chi connectivity index (χ0n) is 15.9. The number of thiazole rings is 1. The smallest absolute Gasteiger partial charge is 0.287 e. The highest BCUT2D eigenvalue weighted by molar-refractivity contribution is 7.21. The number of aromatic nitrogens is 2. The summed E-state index contributed by atoms with van der Waals surface area (Å²) >= 11 is 1.66. The van der Waals surface area contributed by atoms with Gasteiger partial charge in [0.2, 0.25) is 0 Å². The molecule has 144 valence electrons. The molecule has 2 aromatic carbocycles. The van der Waals surface area contributed by atoms with E-state index >= 15 is 0 Å². The number of nitrogens with zero attached hydrogens (tertiary/aromatic N) is 2. The minimum atomic E-state index is -0.106. The lowest BCUT2D eigenvalue weighted by molar-refractivity contribution is -0.364. The van der Waals surface area contributed by atoms with E-state index in [9.17, 15) is 4.79 Å². The first-order valence-corrected chi connectivity index (χ1v) is 10.6. The van der Waals surface area contributed by atoms with E-state index in [1.165, 1.54) is 0 Å². The van der Waals surface area contributed by atoms with Gasteiger partial charge < -0.3 is 5.32 Å². The molecular weight excluding hydrogens is 380 g/mol. The van der Waals surface area contributed by atoms with Crippen LogP contribution in [-0.2, 0) is 0 Å². The molecule has 0 unspecified atom stereocenters. The number of hydrogen-bond acceptors (Lipinski definition) is 4. The summed E-state index contributed by atoms with van der Waals surface area (Å²) in [6.45, 7) is 1.96. The van der Waals surface area contributed by atoms with Crippen LogP contribution in [-0.4, -0.2) is 24.0 Å². The molecule has 2 N–H and O–H groups in total. The third-order valence-electron chi connectivity index (χ3n) is 5.16. The predicted molar refractivity (Wildman–Crippen MR) is 117 cm³/mol. The Morgan fingerprint density at radius 2 is 1.90 bits per heavy atom. The number of nitrogens with one attached hydrogen (secondary N) is 2. The molecule has 0 spiro atoms. The van der Waals surface area contributed by atoms with Crippen LogP contribution in [0.5, 0.6) is 0 Å². The molecule has 4 aromatic rings. The van der Waals surface area contributed by atoms with Gasteiger partial charge in [-0.1, -0.05) is 24.3 Å². The summed E-state index contributed by atoms with van der Waals surface area (Å²) < 4.78 is 1.16. The van der Waals surface area contributed by atoms with Crippen molar-refractivity contribution in [2.75, 3.05) is 23.3 Å². The fourth-order valence-corrected chi connectivity index (χ4v) is 4.70. The van der Waals surface area contributed by atoms with E-state index in [1.54, 1.807) is 11.3 Å². The summed E-state index contributed by atoms with van der Waals surface area (Å²) in [7, 11) is 0. The van der Waals surface area contributed by atoms with Crippen molar-refractivity contribution in [1.82, 2.24) is 4.98 Å². The van der Waals surface area contributed by atoms with Crippen LogP contribution in [0.4, 0.5) is 11.5 Å². The maximum atomic E-state index is 13.0. The van der Waals surface area contributed by atoms with Crippen molar-refractivity contribution in [2.45, 2.75) is 12.8 Å². The topological polar surface area (TPSA) is 59.4 Å². The van der Waals surface area contributed by atoms with Crippen molar-refractivity contribution in [1.29, 1.82) is 0 Å². The SMILES string of the molecule is O=C(Nc1cccc(-c2nc3ccccc3s2)c1)c1ccc[nH+]c1N1CCCC1. The van der Waals surface area contributed by atoms with E-state index in [2.05, 4.69) is 21.3 Å². The highest BCUT2D eigenvalue weighted by atomic mass is 32.1. The summed E-state index contributed by atoms with van der Waals surface area (Å²) in [6, 6.07) is 19.7. The predicted octanol–water partition coefficient (Wildman–Crippen LogP) is 4.63. The van der Waals surface area contributed by atoms with Crippen molar-refractivity contribution in [3.05, 3.63) is 72.4 Å². The summed E-state index contributed by atoms with van der Waals surface area (Å²) in [5.74, 6) is 0.787. The second-order valence-electron chi connectivity index (χ2n) is 7.15. The first-order chi connectivity index (χ1) is 14.3. The second-order valence-corrected chi connectivity index (χ2v) is 8.18. The van der Waals surface area contributed by atoms with Gasteiger partial charge in [-0.25, -0.2) is 9.97 Å². The van der Waals surface area contributed by atoms with Crippen molar-refractivity contribution in [3.63, 3.8) is 0 Å². The maximum Gasteiger partial charge on any atom is 0.287 e. The highest BCUT2D eigenvalue weighted by Crippen LogP contribution is 2.31. The molecule has 0 saturated carbocycles. The molecule has 0 radical (unpaired) electrons. The van der Waals surface area contributed by atoms with Crippen LogP contribution in [0.3, 0.4) is 0 Å². The van der Waals surface area contributed by atoms with E-state index in [0.717, 1.165) is 58.2 Å². The van der Waals surface area contributed by atoms with Gasteiger partial charge in [-0.15, -0.1) is 11.3 Å². The van der Waals surface area contributed by atoms with E-state index in [1.807, 2.05) is 60.8 Å². The molecule has 1 aliphatic heterocycles. The lowest BCUT2D eigenvalue weighted by Gasteiger charge is -2.13. The van der Waals surface area contributed by atoms with Crippen LogP contribution < -0.4 is 15.2 Å². The van der Waals surface area contributed by atoms with E-state index in [-0.39, 0.29) is 5.91 Å². The zero-order valence-corrected chi connectivity index (χ0v) is 16.7. The normalized spacial score (nSPS) is 13.7. The number of benzene rings is 2. The fraction of sp³-hybridized carbons (Fsp3) is 0.174. The number of aromatic amines is 1. The summed E-state index contributed by atoms with van der Waals surface area (Å²) in [5.41, 5.74) is 3.43. The standard InChI is InChI=1S/C23H20N4OS/c28-22(18-9-6-12-24-21(18)27-13-3-4-14-27)25-17-8-5-7-16(15-17)23-26-19-10-1-2-11-20(19)29-23/h1-2,5-12,15H,3-4,13-14H2,(H,25,28)/p+1. The average Bonchev–Trinajstić information content (AvgIpc) is 3.44. The lowest BCUT2D eigenvalue weighted by Crippen LogP contribution is -2.29. The minimum absolute atomic E-state index is 0.106. The Bertz CT molecular complexity index is 1150. The number of hydrogen-bond donors (Lipinski definition) is 1. The Morgan fingerprint density at radius 3 is 2.76 bits per heavy atom. The van der Waals surface area contributed by atoms with Gasteiger partial charge in [0.25, 0.3) is 11.7 Å². The molecule has 0 bridgehead atoms. The molecule has 2 aromatic heterocycles. The van der Waals surface area contributed by atoms with Crippen LogP contribution >= 0.6 is 11.3 Å². The fourth-order valence-electron chi connectivity index (χ4n) is 3.74. The van der Waals surface area contributed by atoms with Gasteiger partial charge in [0.1, 0.15) is 10.6 Å². The number of amides is 1. The van der Waals surface area contributed by atoms with Gasteiger partial charge >= 0.3 is 0 Å². The van der Waals surface area contributed by atoms with Crippen LogP contribution in [0.15, 0.2) is 66.9 Å². The average molecular weight is 402 g/mol. The summed E-state index contributed by atoms with van der Waals surface area (Å²) in [4.78, 5) is 23.2. The Hall–Kier alpha value is -3.25. The number of H-pyrrole nitrogens is 1. The zero-order chi connectivity index (χ0) is 19.6. The van der Waals surface area contributed by atoms with E-state index in [0.29, 0.717) is 5.56 Å². The Kier molecular flexibility index (Phi) is 4.69. The maximum absolute atomic E-state index is 13.0. The summed E-state index contributed by atoms with van der Waals surface area (Å²) in [6.07, 6.45) is 4.19. The van der Waals surface area contributed by atoms with Gasteiger partial charge in [-0.2, -0.15) is 0 Å². The highest BCUT2D eigenvalue weighted by Gasteiger charge is 2.26. The molecule has 0 aliphatic carbocycles. The molecule has 3 heterocycles. The van der Waals surface area contributed by atoms with Crippen molar-refractivity contribution in [2.24, 2.45) is 0 Å². The number of pyridine rings is 1. The number of carbonyl (C=O) groups excluding carboxylic acids is 1. The quantitative estimate of drug-likeness (QED) is 0.542. The summed E-state index contributed by atoms with van der Waals surface area (Å²) in [5, 5.41) is 4.01. The van der Waals surface area contributed by atoms with Crippen LogP contribution in [0.25, 0.3) is 20.8 Å². The number of rotatable bonds is 4. The van der Waals surface area contributed by atoms with Gasteiger partial charge in [-0.05, 0) is 49.2 Å². The Balaban J connectivity index is 1.41. The van der Waals surface area contributed by atoms with Crippen LogP contribution in [0, 0.1) is 0 Å². The van der Waals surface area contributed by atoms with E-state index < -0.39 is 0 Å². The number of carbonyl (C=O) groups is 1. The lowest BCUT2D eigenvalue weighted by atomic mass is 10.2. The molecule has 29 heavy (non-hydrogen) atoms. The van der Waals surface area contributed by atoms with E-state index in [4.69, 9.17) is 4.98 Å².